The average Bonchev–Trinajstić information content (AvgIpc) is 2.42. The number of nitrogens with one attached hydrogen (secondary N) is 1. The van der Waals surface area contributed by atoms with Crippen LogP contribution in [0.4, 0.5) is 5.82 Å². The first kappa shape index (κ1) is 11.9. The van der Waals surface area contributed by atoms with Crippen molar-refractivity contribution in [3.63, 3.8) is 0 Å². The summed E-state index contributed by atoms with van der Waals surface area (Å²) in [7, 11) is 0. The van der Waals surface area contributed by atoms with Gasteiger partial charge in [-0.15, -0.1) is 5.92 Å². The highest BCUT2D eigenvalue weighted by Gasteiger charge is 2.05. The molecule has 1 heterocycles. The van der Waals surface area contributed by atoms with Gasteiger partial charge in [0.25, 0.3) is 5.91 Å². The summed E-state index contributed by atoms with van der Waals surface area (Å²) in [5.41, 5.74) is 1.44. The summed E-state index contributed by atoms with van der Waals surface area (Å²) in [4.78, 5) is 16.0. The standard InChI is InChI=1S/C15H12N2O/c1-2-6-12-9-10-14(16-11-12)17-15(18)13-7-4-3-5-8-13/h3-5,7-11H,1H3,(H,16,17,18). The van der Waals surface area contributed by atoms with Crippen LogP contribution in [0.5, 0.6) is 0 Å². The zero-order chi connectivity index (χ0) is 12.8. The molecular formula is C15H12N2O. The molecule has 88 valence electrons. The van der Waals surface area contributed by atoms with Crippen LogP contribution in [0.2, 0.25) is 0 Å². The number of carbonyl (C=O) groups excluding carboxylic acids is 1. The summed E-state index contributed by atoms with van der Waals surface area (Å²) < 4.78 is 0. The highest BCUT2D eigenvalue weighted by Crippen LogP contribution is 2.07. The lowest BCUT2D eigenvalue weighted by Gasteiger charge is -2.03. The predicted octanol–water partition coefficient (Wildman–Crippen LogP) is 2.71. The Hall–Kier alpha value is -2.60. The Kier molecular flexibility index (Phi) is 3.72. The van der Waals surface area contributed by atoms with Gasteiger partial charge in [-0.3, -0.25) is 4.79 Å². The van der Waals surface area contributed by atoms with E-state index in [0.29, 0.717) is 11.4 Å². The Labute approximate surface area is 106 Å². The van der Waals surface area contributed by atoms with E-state index in [4.69, 9.17) is 0 Å². The van der Waals surface area contributed by atoms with Crippen molar-refractivity contribution in [2.75, 3.05) is 5.32 Å². The molecule has 0 aliphatic rings. The van der Waals surface area contributed by atoms with E-state index < -0.39 is 0 Å². The molecule has 3 heteroatoms. The highest BCUT2D eigenvalue weighted by atomic mass is 16.1. The van der Waals surface area contributed by atoms with Crippen LogP contribution in [0, 0.1) is 11.8 Å². The van der Waals surface area contributed by atoms with Crippen LogP contribution in [-0.4, -0.2) is 10.9 Å². The highest BCUT2D eigenvalue weighted by molar-refractivity contribution is 6.03. The van der Waals surface area contributed by atoms with E-state index in [2.05, 4.69) is 22.1 Å². The second-order valence-corrected chi connectivity index (χ2v) is 3.63. The average molecular weight is 236 g/mol. The second-order valence-electron chi connectivity index (χ2n) is 3.63. The van der Waals surface area contributed by atoms with Crippen molar-refractivity contribution in [2.24, 2.45) is 0 Å². The molecule has 0 aliphatic carbocycles. The van der Waals surface area contributed by atoms with Gasteiger partial charge < -0.3 is 5.32 Å². The Balaban J connectivity index is 2.09. The SMILES string of the molecule is CC#Cc1ccc(NC(=O)c2ccccc2)nc1. The van der Waals surface area contributed by atoms with Crippen molar-refractivity contribution in [3.05, 3.63) is 59.8 Å². The molecule has 1 aromatic heterocycles. The van der Waals surface area contributed by atoms with Crippen LogP contribution in [0.1, 0.15) is 22.8 Å². The molecule has 1 aromatic carbocycles. The van der Waals surface area contributed by atoms with Gasteiger partial charge in [0.15, 0.2) is 0 Å². The molecular weight excluding hydrogens is 224 g/mol. The van der Waals surface area contributed by atoms with Crippen LogP contribution >= 0.6 is 0 Å². The zero-order valence-electron chi connectivity index (χ0n) is 9.97. The second kappa shape index (κ2) is 5.65. The Morgan fingerprint density at radius 2 is 1.94 bits per heavy atom. The van der Waals surface area contributed by atoms with Crippen molar-refractivity contribution >= 4 is 11.7 Å². The molecule has 1 N–H and O–H groups in total. The van der Waals surface area contributed by atoms with Crippen molar-refractivity contribution in [3.8, 4) is 11.8 Å². The summed E-state index contributed by atoms with van der Waals surface area (Å²) >= 11 is 0. The summed E-state index contributed by atoms with van der Waals surface area (Å²) in [5, 5.41) is 2.73. The number of hydrogen-bond donors (Lipinski definition) is 1. The fourth-order valence-corrected chi connectivity index (χ4v) is 1.46. The molecule has 2 aromatic rings. The lowest BCUT2D eigenvalue weighted by molar-refractivity contribution is 0.102. The minimum Gasteiger partial charge on any atom is -0.307 e. The molecule has 0 aliphatic heterocycles. The van der Waals surface area contributed by atoms with Gasteiger partial charge in [-0.1, -0.05) is 24.1 Å². The molecule has 0 fully saturated rings. The molecule has 18 heavy (non-hydrogen) atoms. The number of amides is 1. The molecule has 3 nitrogen and oxygen atoms in total. The van der Waals surface area contributed by atoms with E-state index in [1.807, 2.05) is 24.3 Å². The van der Waals surface area contributed by atoms with Crippen LogP contribution in [0.3, 0.4) is 0 Å². The van der Waals surface area contributed by atoms with Crippen molar-refractivity contribution in [1.29, 1.82) is 0 Å². The molecule has 0 atom stereocenters. The largest absolute Gasteiger partial charge is 0.307 e. The summed E-state index contributed by atoms with van der Waals surface area (Å²) in [6.07, 6.45) is 1.64. The topological polar surface area (TPSA) is 42.0 Å². The zero-order valence-corrected chi connectivity index (χ0v) is 9.97. The van der Waals surface area contributed by atoms with Gasteiger partial charge in [0, 0.05) is 17.3 Å². The van der Waals surface area contributed by atoms with Crippen LogP contribution in [0.25, 0.3) is 0 Å². The lowest BCUT2D eigenvalue weighted by atomic mass is 10.2. The number of aromatic nitrogens is 1. The monoisotopic (exact) mass is 236 g/mol. The molecule has 0 saturated heterocycles. The normalized spacial score (nSPS) is 9.17. The lowest BCUT2D eigenvalue weighted by Crippen LogP contribution is -2.12. The smallest absolute Gasteiger partial charge is 0.256 e. The number of nitrogens with zero attached hydrogens (tertiary/aromatic N) is 1. The maximum Gasteiger partial charge on any atom is 0.256 e. The summed E-state index contributed by atoms with van der Waals surface area (Å²) in [5.74, 6) is 6.04. The van der Waals surface area contributed by atoms with E-state index in [1.54, 1.807) is 31.3 Å². The predicted molar refractivity (Wildman–Crippen MR) is 71.2 cm³/mol. The number of carbonyl (C=O) groups is 1. The number of rotatable bonds is 2. The van der Waals surface area contributed by atoms with Gasteiger partial charge in [0.2, 0.25) is 0 Å². The maximum atomic E-state index is 11.8. The minimum absolute atomic E-state index is 0.169. The van der Waals surface area contributed by atoms with E-state index >= 15 is 0 Å². The minimum atomic E-state index is -0.169. The number of pyridine rings is 1. The molecule has 0 saturated carbocycles. The van der Waals surface area contributed by atoms with Gasteiger partial charge in [0.05, 0.1) is 0 Å². The quantitative estimate of drug-likeness (QED) is 0.814. The Bertz CT molecular complexity index is 592. The van der Waals surface area contributed by atoms with Gasteiger partial charge in [-0.2, -0.15) is 0 Å². The van der Waals surface area contributed by atoms with E-state index in [0.717, 1.165) is 5.56 Å². The number of hydrogen-bond acceptors (Lipinski definition) is 2. The molecule has 2 rings (SSSR count). The Morgan fingerprint density at radius 1 is 1.17 bits per heavy atom. The third kappa shape index (κ3) is 2.96. The van der Waals surface area contributed by atoms with Crippen molar-refractivity contribution in [2.45, 2.75) is 6.92 Å². The summed E-state index contributed by atoms with van der Waals surface area (Å²) in [6, 6.07) is 12.6. The van der Waals surface area contributed by atoms with Crippen molar-refractivity contribution in [1.82, 2.24) is 4.98 Å². The Morgan fingerprint density at radius 3 is 2.56 bits per heavy atom. The molecule has 0 spiro atoms. The molecule has 1 amide bonds. The molecule has 0 unspecified atom stereocenters. The number of anilines is 1. The van der Waals surface area contributed by atoms with E-state index in [9.17, 15) is 4.79 Å². The third-order valence-corrected chi connectivity index (χ3v) is 2.31. The van der Waals surface area contributed by atoms with Crippen LogP contribution in [0.15, 0.2) is 48.7 Å². The van der Waals surface area contributed by atoms with E-state index in [1.165, 1.54) is 0 Å². The van der Waals surface area contributed by atoms with Crippen molar-refractivity contribution < 1.29 is 4.79 Å². The molecule has 0 bridgehead atoms. The maximum absolute atomic E-state index is 11.8. The fraction of sp³-hybridized carbons (Fsp3) is 0.0667. The first-order valence-corrected chi connectivity index (χ1v) is 5.55. The van der Waals surface area contributed by atoms with Gasteiger partial charge in [-0.05, 0) is 31.2 Å². The molecule has 0 radical (unpaired) electrons. The number of benzene rings is 1. The van der Waals surface area contributed by atoms with Gasteiger partial charge in [0.1, 0.15) is 5.82 Å². The summed E-state index contributed by atoms with van der Waals surface area (Å²) in [6.45, 7) is 1.77. The first-order valence-electron chi connectivity index (χ1n) is 5.55. The first-order chi connectivity index (χ1) is 8.79. The van der Waals surface area contributed by atoms with Gasteiger partial charge >= 0.3 is 0 Å². The van der Waals surface area contributed by atoms with Crippen LogP contribution < -0.4 is 5.32 Å². The fourth-order valence-electron chi connectivity index (χ4n) is 1.46. The van der Waals surface area contributed by atoms with E-state index in [-0.39, 0.29) is 5.91 Å². The third-order valence-electron chi connectivity index (χ3n) is 2.31. The van der Waals surface area contributed by atoms with Gasteiger partial charge in [-0.25, -0.2) is 4.98 Å². The van der Waals surface area contributed by atoms with Crippen LogP contribution in [-0.2, 0) is 0 Å².